The van der Waals surface area contributed by atoms with E-state index in [0.29, 0.717) is 18.6 Å². The molecule has 0 radical (unpaired) electrons. The molecule has 0 aliphatic heterocycles. The van der Waals surface area contributed by atoms with Gasteiger partial charge in [-0.2, -0.15) is 0 Å². The Bertz CT molecular complexity index is 1170. The molecule has 0 fully saturated rings. The van der Waals surface area contributed by atoms with Crippen molar-refractivity contribution in [3.63, 3.8) is 0 Å². The molecule has 5 nitrogen and oxygen atoms in total. The Kier molecular flexibility index (Phi) is 7.77. The number of carboxylic acid groups (broad SMARTS) is 1. The highest BCUT2D eigenvalue weighted by Gasteiger charge is 2.20. The topological polar surface area (TPSA) is 82.8 Å². The molecule has 32 heavy (non-hydrogen) atoms. The van der Waals surface area contributed by atoms with E-state index in [0.717, 1.165) is 22.4 Å². The van der Waals surface area contributed by atoms with Crippen molar-refractivity contribution < 1.29 is 15.1 Å². The van der Waals surface area contributed by atoms with Crippen LogP contribution in [0.4, 0.5) is 0 Å². The monoisotopic (exact) mass is 426 g/mol. The lowest BCUT2D eigenvalue weighted by molar-refractivity contribution is -0.136. The average molecular weight is 427 g/mol. The lowest BCUT2D eigenvalue weighted by Crippen LogP contribution is -2.12. The number of hydrogen-bond donors (Lipinski definition) is 2. The summed E-state index contributed by atoms with van der Waals surface area (Å²) < 4.78 is 0. The number of carbonyl (C=O) groups is 1. The molecule has 0 spiro atoms. The van der Waals surface area contributed by atoms with Gasteiger partial charge in [0.05, 0.1) is 12.1 Å². The Morgan fingerprint density at radius 2 is 1.84 bits per heavy atom. The molecule has 1 heterocycles. The summed E-state index contributed by atoms with van der Waals surface area (Å²) in [7, 11) is 0. The maximum Gasteiger partial charge on any atom is 0.304 e. The first-order chi connectivity index (χ1) is 15.5. The van der Waals surface area contributed by atoms with Crippen molar-refractivity contribution in [3.05, 3.63) is 100 Å². The van der Waals surface area contributed by atoms with E-state index < -0.39 is 5.97 Å². The molecule has 0 amide bonds. The molecule has 0 bridgehead atoms. The van der Waals surface area contributed by atoms with Gasteiger partial charge in [0.1, 0.15) is 0 Å². The number of pyridine rings is 1. The second-order valence-electron chi connectivity index (χ2n) is 7.66. The van der Waals surface area contributed by atoms with Gasteiger partial charge in [0.25, 0.3) is 0 Å². The van der Waals surface area contributed by atoms with E-state index in [1.165, 1.54) is 11.1 Å². The zero-order valence-corrected chi connectivity index (χ0v) is 18.2. The van der Waals surface area contributed by atoms with Gasteiger partial charge in [0.15, 0.2) is 0 Å². The van der Waals surface area contributed by atoms with Crippen molar-refractivity contribution in [2.45, 2.75) is 39.0 Å². The number of carboxylic acids is 1. The lowest BCUT2D eigenvalue weighted by Gasteiger charge is -2.21. The SMILES string of the molecule is Cc1cc(/C(CC(c2ccc(C#CCCC(=O)O)cc2)c2ccccc2C)=N/O)ccn1. The van der Waals surface area contributed by atoms with Gasteiger partial charge in [-0.15, -0.1) is 0 Å². The van der Waals surface area contributed by atoms with Crippen LogP contribution in [0, 0.1) is 25.7 Å². The van der Waals surface area contributed by atoms with E-state index >= 15 is 0 Å². The van der Waals surface area contributed by atoms with Crippen LogP contribution in [0.15, 0.2) is 72.0 Å². The van der Waals surface area contributed by atoms with E-state index in [-0.39, 0.29) is 12.3 Å². The van der Waals surface area contributed by atoms with E-state index in [2.05, 4.69) is 41.0 Å². The zero-order chi connectivity index (χ0) is 22.9. The van der Waals surface area contributed by atoms with Crippen molar-refractivity contribution in [2.24, 2.45) is 5.16 Å². The number of aryl methyl sites for hydroxylation is 2. The van der Waals surface area contributed by atoms with Gasteiger partial charge in [-0.1, -0.05) is 53.4 Å². The predicted molar refractivity (Wildman–Crippen MR) is 125 cm³/mol. The minimum Gasteiger partial charge on any atom is -0.481 e. The number of rotatable bonds is 7. The highest BCUT2D eigenvalue weighted by Crippen LogP contribution is 2.32. The van der Waals surface area contributed by atoms with Crippen LogP contribution in [0.25, 0.3) is 0 Å². The van der Waals surface area contributed by atoms with Crippen molar-refractivity contribution >= 4 is 11.7 Å². The third kappa shape index (κ3) is 6.05. The lowest BCUT2D eigenvalue weighted by atomic mass is 9.83. The fourth-order valence-corrected chi connectivity index (χ4v) is 3.65. The van der Waals surface area contributed by atoms with Crippen molar-refractivity contribution in [1.82, 2.24) is 4.98 Å². The van der Waals surface area contributed by atoms with Gasteiger partial charge >= 0.3 is 5.97 Å². The summed E-state index contributed by atoms with van der Waals surface area (Å²) in [4.78, 5) is 14.9. The molecule has 0 aliphatic rings. The normalized spacial score (nSPS) is 12.0. The van der Waals surface area contributed by atoms with E-state index in [1.807, 2.05) is 55.5 Å². The first kappa shape index (κ1) is 22.8. The van der Waals surface area contributed by atoms with Crippen molar-refractivity contribution in [2.75, 3.05) is 0 Å². The molecule has 2 N–H and O–H groups in total. The zero-order valence-electron chi connectivity index (χ0n) is 18.2. The van der Waals surface area contributed by atoms with Gasteiger partial charge in [0, 0.05) is 41.8 Å². The third-order valence-corrected chi connectivity index (χ3v) is 5.32. The quantitative estimate of drug-likeness (QED) is 0.232. The Hall–Kier alpha value is -3.91. The molecule has 0 saturated heterocycles. The number of oxime groups is 1. The predicted octanol–water partition coefficient (Wildman–Crippen LogP) is 5.32. The van der Waals surface area contributed by atoms with Gasteiger partial charge in [0.2, 0.25) is 0 Å². The minimum atomic E-state index is -0.846. The molecule has 0 aliphatic carbocycles. The van der Waals surface area contributed by atoms with Gasteiger partial charge in [-0.3, -0.25) is 9.78 Å². The summed E-state index contributed by atoms with van der Waals surface area (Å²) in [5.74, 6) is 5.06. The number of aliphatic carboxylic acids is 1. The van der Waals surface area contributed by atoms with Crippen LogP contribution in [-0.2, 0) is 4.79 Å². The highest BCUT2D eigenvalue weighted by molar-refractivity contribution is 6.01. The van der Waals surface area contributed by atoms with Crippen LogP contribution in [0.1, 0.15) is 58.7 Å². The maximum absolute atomic E-state index is 10.6. The first-order valence-corrected chi connectivity index (χ1v) is 10.5. The molecule has 1 unspecified atom stereocenters. The van der Waals surface area contributed by atoms with Crippen molar-refractivity contribution in [3.8, 4) is 11.8 Å². The summed E-state index contributed by atoms with van der Waals surface area (Å²) in [5.41, 5.74) is 6.56. The summed E-state index contributed by atoms with van der Waals surface area (Å²) in [5, 5.41) is 22.1. The highest BCUT2D eigenvalue weighted by atomic mass is 16.4. The van der Waals surface area contributed by atoms with Crippen LogP contribution < -0.4 is 0 Å². The summed E-state index contributed by atoms with van der Waals surface area (Å²) >= 11 is 0. The smallest absolute Gasteiger partial charge is 0.304 e. The fraction of sp³-hybridized carbons (Fsp3) is 0.222. The Morgan fingerprint density at radius 3 is 2.50 bits per heavy atom. The van der Waals surface area contributed by atoms with Gasteiger partial charge in [-0.05, 0) is 54.8 Å². The fourth-order valence-electron chi connectivity index (χ4n) is 3.65. The Morgan fingerprint density at radius 1 is 1.09 bits per heavy atom. The number of hydrogen-bond acceptors (Lipinski definition) is 4. The van der Waals surface area contributed by atoms with Crippen LogP contribution in [0.2, 0.25) is 0 Å². The molecular weight excluding hydrogens is 400 g/mol. The average Bonchev–Trinajstić information content (AvgIpc) is 2.79. The number of benzene rings is 2. The number of nitrogens with zero attached hydrogens (tertiary/aromatic N) is 2. The van der Waals surface area contributed by atoms with Gasteiger partial charge < -0.3 is 10.3 Å². The second-order valence-corrected chi connectivity index (χ2v) is 7.66. The summed E-state index contributed by atoms with van der Waals surface area (Å²) in [6.07, 6.45) is 2.60. The molecule has 1 atom stereocenters. The van der Waals surface area contributed by atoms with E-state index in [1.54, 1.807) is 6.20 Å². The maximum atomic E-state index is 10.6. The molecule has 1 aromatic heterocycles. The molecule has 5 heteroatoms. The second kappa shape index (κ2) is 10.9. The Balaban J connectivity index is 1.92. The molecular formula is C27H26N2O3. The molecule has 2 aromatic carbocycles. The molecule has 0 saturated carbocycles. The van der Waals surface area contributed by atoms with Crippen LogP contribution in [-0.4, -0.2) is 27.0 Å². The molecule has 162 valence electrons. The van der Waals surface area contributed by atoms with E-state index in [9.17, 15) is 10.0 Å². The summed E-state index contributed by atoms with van der Waals surface area (Å²) in [6, 6.07) is 19.9. The van der Waals surface area contributed by atoms with Crippen LogP contribution in [0.3, 0.4) is 0 Å². The minimum absolute atomic E-state index is 0.00964. The third-order valence-electron chi connectivity index (χ3n) is 5.32. The largest absolute Gasteiger partial charge is 0.481 e. The van der Waals surface area contributed by atoms with Crippen LogP contribution in [0.5, 0.6) is 0 Å². The molecule has 3 aromatic rings. The van der Waals surface area contributed by atoms with Gasteiger partial charge in [-0.25, -0.2) is 0 Å². The number of aromatic nitrogens is 1. The van der Waals surface area contributed by atoms with Crippen LogP contribution >= 0.6 is 0 Å². The van der Waals surface area contributed by atoms with Crippen molar-refractivity contribution in [1.29, 1.82) is 0 Å². The summed E-state index contributed by atoms with van der Waals surface area (Å²) in [6.45, 7) is 3.99. The standard InChI is InChI=1S/C27H26N2O3/c1-19-7-3-5-9-24(19)25(18-26(29-32)23-15-16-28-20(2)17-23)22-13-11-21(12-14-22)8-4-6-10-27(30)31/h3,5,7,9,11-17,25,32H,6,10,18H2,1-2H3,(H,30,31)/b29-26+. The molecule has 3 rings (SSSR count). The first-order valence-electron chi connectivity index (χ1n) is 10.5. The Labute approximate surface area is 188 Å². The van der Waals surface area contributed by atoms with E-state index in [4.69, 9.17) is 5.11 Å².